The van der Waals surface area contributed by atoms with E-state index in [2.05, 4.69) is 20.9 Å². The van der Waals surface area contributed by atoms with Gasteiger partial charge in [-0.1, -0.05) is 17.7 Å². The molecular weight excluding hydrogens is 636 g/mol. The Hall–Kier alpha value is -5.41. The van der Waals surface area contributed by atoms with Gasteiger partial charge in [0.05, 0.1) is 41.6 Å². The number of hydrogen-bond donors (Lipinski definition) is 3. The smallest absolute Gasteiger partial charge is 0.288 e. The van der Waals surface area contributed by atoms with Gasteiger partial charge in [-0.05, 0) is 69.8 Å². The molecule has 2 amide bonds. The predicted octanol–water partition coefficient (Wildman–Crippen LogP) is 4.27. The summed E-state index contributed by atoms with van der Waals surface area (Å²) in [5, 5.41) is 9.24. The van der Waals surface area contributed by atoms with Crippen LogP contribution in [0.3, 0.4) is 0 Å². The number of hydrogen-bond acceptors (Lipinski definition) is 11. The number of benzene rings is 2. The summed E-state index contributed by atoms with van der Waals surface area (Å²) in [6.07, 6.45) is 4.36. The lowest BCUT2D eigenvalue weighted by Crippen LogP contribution is -2.40. The summed E-state index contributed by atoms with van der Waals surface area (Å²) in [5.74, 6) is 0.267. The number of carbonyl (C=O) groups is 2. The first-order valence-electron chi connectivity index (χ1n) is 15.2. The van der Waals surface area contributed by atoms with Gasteiger partial charge in [0.15, 0.2) is 5.65 Å². The number of rotatable bonds is 10. The molecule has 0 fully saturated rings. The number of fused-ring (bicyclic) bond motifs is 2. The Labute approximate surface area is 277 Å². The Morgan fingerprint density at radius 3 is 2.52 bits per heavy atom. The van der Waals surface area contributed by atoms with Gasteiger partial charge in [-0.15, -0.1) is 0 Å². The number of nitrogens with one attached hydrogen (secondary N) is 3. The average molecular weight is 673 g/mol. The van der Waals surface area contributed by atoms with Crippen molar-refractivity contribution in [1.29, 1.82) is 0 Å². The summed E-state index contributed by atoms with van der Waals surface area (Å²) in [4.78, 5) is 38.7. The first-order valence-corrected chi connectivity index (χ1v) is 16.6. The Bertz CT molecular complexity index is 2120. The quantitative estimate of drug-likeness (QED) is 0.194. The van der Waals surface area contributed by atoms with Crippen molar-refractivity contribution in [1.82, 2.24) is 24.2 Å². The van der Waals surface area contributed by atoms with E-state index in [0.717, 1.165) is 33.6 Å². The van der Waals surface area contributed by atoms with Gasteiger partial charge in [0.1, 0.15) is 11.6 Å². The third kappa shape index (κ3) is 6.16. The second-order valence-corrected chi connectivity index (χ2v) is 13.4. The molecule has 3 N–H and O–H groups in total. The first-order chi connectivity index (χ1) is 23.0. The SMILES string of the molecule is CNC(=O)c1occc1Nc1nc(Nc2cc3c(cc2OC)CCCN3C(=O)CN(C)C)nc2c1ccn2S(=O)(=O)c1ccc(C)cc1. The van der Waals surface area contributed by atoms with E-state index in [1.807, 2.05) is 38.1 Å². The maximum atomic E-state index is 13.9. The fourth-order valence-corrected chi connectivity index (χ4v) is 6.89. The van der Waals surface area contributed by atoms with E-state index in [4.69, 9.17) is 14.1 Å². The molecule has 4 heterocycles. The molecule has 0 aliphatic carbocycles. The molecule has 0 saturated heterocycles. The second-order valence-electron chi connectivity index (χ2n) is 11.6. The van der Waals surface area contributed by atoms with Crippen LogP contribution < -0.4 is 25.6 Å². The number of likely N-dealkylation sites (N-methyl/N-ethyl adjacent to an activating group) is 1. The van der Waals surface area contributed by atoms with Gasteiger partial charge < -0.3 is 34.9 Å². The zero-order valence-corrected chi connectivity index (χ0v) is 28.0. The van der Waals surface area contributed by atoms with E-state index < -0.39 is 15.9 Å². The van der Waals surface area contributed by atoms with Crippen LogP contribution in [0.4, 0.5) is 28.8 Å². The van der Waals surface area contributed by atoms with E-state index >= 15 is 0 Å². The zero-order chi connectivity index (χ0) is 34.2. The number of amides is 2. The van der Waals surface area contributed by atoms with Crippen LogP contribution in [0.5, 0.6) is 5.75 Å². The van der Waals surface area contributed by atoms with Gasteiger partial charge in [0.25, 0.3) is 15.9 Å². The van der Waals surface area contributed by atoms with Crippen LogP contribution in [0.2, 0.25) is 0 Å². The molecule has 250 valence electrons. The van der Waals surface area contributed by atoms with E-state index in [9.17, 15) is 18.0 Å². The molecule has 0 radical (unpaired) electrons. The van der Waals surface area contributed by atoms with Gasteiger partial charge in [-0.2, -0.15) is 9.97 Å². The summed E-state index contributed by atoms with van der Waals surface area (Å²) in [5.41, 5.74) is 3.50. The van der Waals surface area contributed by atoms with Gasteiger partial charge in [0, 0.05) is 31.5 Å². The number of anilines is 5. The summed E-state index contributed by atoms with van der Waals surface area (Å²) >= 11 is 0. The molecule has 1 aliphatic rings. The highest BCUT2D eigenvalue weighted by atomic mass is 32.2. The van der Waals surface area contributed by atoms with E-state index in [-0.39, 0.29) is 40.5 Å². The lowest BCUT2D eigenvalue weighted by molar-refractivity contribution is -0.119. The number of furan rings is 1. The van der Waals surface area contributed by atoms with Crippen molar-refractivity contribution in [2.75, 3.05) is 56.9 Å². The fourth-order valence-electron chi connectivity index (χ4n) is 5.60. The van der Waals surface area contributed by atoms with Crippen molar-refractivity contribution in [3.63, 3.8) is 0 Å². The predicted molar refractivity (Wildman–Crippen MR) is 182 cm³/mol. The van der Waals surface area contributed by atoms with Crippen LogP contribution in [-0.4, -0.2) is 80.4 Å². The van der Waals surface area contributed by atoms with Crippen LogP contribution in [0.15, 0.2) is 70.3 Å². The molecule has 48 heavy (non-hydrogen) atoms. The molecule has 0 bridgehead atoms. The third-order valence-corrected chi connectivity index (χ3v) is 9.64. The number of nitrogens with zero attached hydrogens (tertiary/aromatic N) is 5. The summed E-state index contributed by atoms with van der Waals surface area (Å²) in [6.45, 7) is 2.70. The Balaban J connectivity index is 1.48. The van der Waals surface area contributed by atoms with Gasteiger partial charge in [0.2, 0.25) is 17.6 Å². The molecule has 0 saturated carbocycles. The molecular formula is C33H36N8O6S. The molecule has 6 rings (SSSR count). The highest BCUT2D eigenvalue weighted by molar-refractivity contribution is 7.90. The average Bonchev–Trinajstić information content (AvgIpc) is 3.71. The third-order valence-electron chi connectivity index (χ3n) is 7.96. The number of methoxy groups -OCH3 is 1. The number of carbonyl (C=O) groups excluding carboxylic acids is 2. The molecule has 5 aromatic rings. The van der Waals surface area contributed by atoms with Crippen LogP contribution >= 0.6 is 0 Å². The minimum atomic E-state index is -4.07. The molecule has 0 unspecified atom stereocenters. The largest absolute Gasteiger partial charge is 0.495 e. The Morgan fingerprint density at radius 2 is 1.81 bits per heavy atom. The monoisotopic (exact) mass is 672 g/mol. The number of aryl methyl sites for hydroxylation is 2. The van der Waals surface area contributed by atoms with Gasteiger partial charge >= 0.3 is 0 Å². The van der Waals surface area contributed by atoms with Crippen LogP contribution in [0.25, 0.3) is 11.0 Å². The Morgan fingerprint density at radius 1 is 1.04 bits per heavy atom. The molecule has 1 aliphatic heterocycles. The van der Waals surface area contributed by atoms with Gasteiger partial charge in [-0.25, -0.2) is 12.4 Å². The van der Waals surface area contributed by atoms with Crippen molar-refractivity contribution < 1.29 is 27.2 Å². The van der Waals surface area contributed by atoms with E-state index in [1.54, 1.807) is 48.4 Å². The lowest BCUT2D eigenvalue weighted by Gasteiger charge is -2.31. The summed E-state index contributed by atoms with van der Waals surface area (Å²) < 4.78 is 40.0. The maximum absolute atomic E-state index is 13.9. The second kappa shape index (κ2) is 13.0. The van der Waals surface area contributed by atoms with Crippen molar-refractivity contribution in [3.05, 3.63) is 77.9 Å². The fraction of sp³-hybridized carbons (Fsp3) is 0.273. The summed E-state index contributed by atoms with van der Waals surface area (Å²) in [6, 6.07) is 13.4. The molecule has 14 nitrogen and oxygen atoms in total. The van der Waals surface area contributed by atoms with Crippen molar-refractivity contribution in [2.24, 2.45) is 0 Å². The van der Waals surface area contributed by atoms with Crippen molar-refractivity contribution >= 4 is 61.7 Å². The molecule has 2 aromatic carbocycles. The molecule has 3 aromatic heterocycles. The molecule has 15 heteroatoms. The first kappa shape index (κ1) is 32.5. The van der Waals surface area contributed by atoms with E-state index in [0.29, 0.717) is 29.1 Å². The summed E-state index contributed by atoms with van der Waals surface area (Å²) in [7, 11) is 2.65. The topological polar surface area (TPSA) is 164 Å². The zero-order valence-electron chi connectivity index (χ0n) is 27.2. The molecule has 0 spiro atoms. The minimum absolute atomic E-state index is 0.0179. The number of aromatic nitrogens is 3. The maximum Gasteiger partial charge on any atom is 0.288 e. The highest BCUT2D eigenvalue weighted by Gasteiger charge is 2.27. The van der Waals surface area contributed by atoms with Crippen LogP contribution in [0, 0.1) is 6.92 Å². The van der Waals surface area contributed by atoms with Crippen LogP contribution in [-0.2, 0) is 21.2 Å². The van der Waals surface area contributed by atoms with Gasteiger partial charge in [-0.3, -0.25) is 9.59 Å². The number of ether oxygens (including phenoxy) is 1. The lowest BCUT2D eigenvalue weighted by atomic mass is 10.00. The minimum Gasteiger partial charge on any atom is -0.495 e. The normalized spacial score (nSPS) is 13.0. The van der Waals surface area contributed by atoms with Crippen molar-refractivity contribution in [3.8, 4) is 5.75 Å². The highest BCUT2D eigenvalue weighted by Crippen LogP contribution is 2.39. The van der Waals surface area contributed by atoms with E-state index in [1.165, 1.54) is 19.5 Å². The standard InChI is InChI=1S/C33H36N8O6S/c1-20-8-10-22(11-9-20)48(44,45)41-15-12-23-30(35-24-13-16-47-29(24)32(43)34-2)37-33(38-31(23)41)36-25-18-26-21(17-27(25)46-5)7-6-14-40(26)28(42)19-39(3)4/h8-13,15-18H,6-7,14,19H2,1-5H3,(H,34,43)(H2,35,36,37,38). The van der Waals surface area contributed by atoms with Crippen LogP contribution in [0.1, 0.15) is 28.1 Å². The molecule has 0 atom stereocenters. The Kier molecular flexibility index (Phi) is 8.81. The van der Waals surface area contributed by atoms with Crippen molar-refractivity contribution in [2.45, 2.75) is 24.7 Å².